The number of benzene rings is 1. The van der Waals surface area contributed by atoms with Crippen LogP contribution in [-0.2, 0) is 20.2 Å². The highest BCUT2D eigenvalue weighted by molar-refractivity contribution is 5.89. The summed E-state index contributed by atoms with van der Waals surface area (Å²) in [6.45, 7) is 8.78. The number of ether oxygens (including phenoxy) is 2. The molecule has 0 unspecified atom stereocenters. The van der Waals surface area contributed by atoms with Crippen LogP contribution in [0.3, 0.4) is 0 Å². The molecule has 12 heteroatoms. The van der Waals surface area contributed by atoms with Gasteiger partial charge in [-0.2, -0.15) is 14.0 Å². The van der Waals surface area contributed by atoms with Gasteiger partial charge in [-0.25, -0.2) is 14.8 Å². The second-order valence-corrected chi connectivity index (χ2v) is 13.3. The molecule has 6 atom stereocenters. The molecule has 1 N–H and O–H groups in total. The van der Waals surface area contributed by atoms with Crippen LogP contribution in [0.25, 0.3) is 11.0 Å². The molecule has 2 amide bonds. The largest absolute Gasteiger partial charge is 0.471 e. The molecule has 0 spiro atoms. The van der Waals surface area contributed by atoms with Gasteiger partial charge in [0.1, 0.15) is 24.0 Å². The van der Waals surface area contributed by atoms with Gasteiger partial charge in [-0.1, -0.05) is 34.1 Å². The van der Waals surface area contributed by atoms with Crippen molar-refractivity contribution in [3.8, 4) is 11.9 Å². The van der Waals surface area contributed by atoms with Gasteiger partial charge in [0.2, 0.25) is 11.8 Å². The predicted molar refractivity (Wildman–Crippen MR) is 151 cm³/mol. The number of aldehydes is 1. The maximum absolute atomic E-state index is 15.8. The van der Waals surface area contributed by atoms with E-state index in [1.807, 2.05) is 6.07 Å². The fourth-order valence-corrected chi connectivity index (χ4v) is 6.13. The van der Waals surface area contributed by atoms with E-state index in [1.54, 1.807) is 34.6 Å². The van der Waals surface area contributed by atoms with Gasteiger partial charge in [0.15, 0.2) is 5.69 Å². The van der Waals surface area contributed by atoms with Gasteiger partial charge in [0.05, 0.1) is 35.3 Å². The highest BCUT2D eigenvalue weighted by atomic mass is 19.3. The van der Waals surface area contributed by atoms with Crippen LogP contribution in [0.15, 0.2) is 18.2 Å². The highest BCUT2D eigenvalue weighted by Crippen LogP contribution is 2.50. The monoisotopic (exact) mass is 597 g/mol. The molecule has 1 saturated carbocycles. The first-order chi connectivity index (χ1) is 20.2. The number of carbonyl (C=O) groups excluding carboxylic acids is 3. The van der Waals surface area contributed by atoms with E-state index in [2.05, 4.69) is 15.3 Å². The molecule has 1 aromatic heterocycles. The maximum atomic E-state index is 15.8. The van der Waals surface area contributed by atoms with Crippen LogP contribution >= 0.6 is 0 Å². The number of rotatable bonds is 1. The van der Waals surface area contributed by atoms with Crippen LogP contribution in [0.4, 0.5) is 13.6 Å². The number of hydrogen-bond acceptors (Lipinski definition) is 8. The highest BCUT2D eigenvalue weighted by Gasteiger charge is 2.54. The zero-order valence-electron chi connectivity index (χ0n) is 25.0. The van der Waals surface area contributed by atoms with E-state index in [-0.39, 0.29) is 35.5 Å². The first-order valence-corrected chi connectivity index (χ1v) is 14.7. The lowest BCUT2D eigenvalue weighted by Crippen LogP contribution is -2.56. The van der Waals surface area contributed by atoms with Gasteiger partial charge in [-0.05, 0) is 49.8 Å². The van der Waals surface area contributed by atoms with E-state index in [1.165, 1.54) is 23.1 Å². The van der Waals surface area contributed by atoms with Crippen molar-refractivity contribution in [2.24, 2.45) is 17.3 Å². The molecule has 5 rings (SSSR count). The van der Waals surface area contributed by atoms with Crippen LogP contribution in [0.1, 0.15) is 78.0 Å². The Morgan fingerprint density at radius 2 is 1.93 bits per heavy atom. The standard InChI is InChI=1S/C31H37F2N5O5/c1-17-22(16-39)38-15-23(17)42-26-24(35-20-10-9-18(14-34)12-21(20)36-26)31(32,33)11-7-6-8-19-13-30(19,5)43-28(41)37-25(27(38)40)29(2,3)4/h9-10,12,16-17,19,22-23,25H,6-8,11,13,15H2,1-5H3,(H,37,41)/t17-,19+,22+,23-,25+,30+/m0/s1. The lowest BCUT2D eigenvalue weighted by atomic mass is 9.85. The van der Waals surface area contributed by atoms with Crippen molar-refractivity contribution in [2.75, 3.05) is 6.54 Å². The summed E-state index contributed by atoms with van der Waals surface area (Å²) < 4.78 is 43.5. The summed E-state index contributed by atoms with van der Waals surface area (Å²) in [5.74, 6) is -4.87. The Labute approximate surface area is 249 Å². The Kier molecular flexibility index (Phi) is 7.82. The molecule has 1 aliphatic carbocycles. The van der Waals surface area contributed by atoms with Crippen molar-refractivity contribution in [3.63, 3.8) is 0 Å². The minimum absolute atomic E-state index is 0.0165. The molecule has 3 heterocycles. The summed E-state index contributed by atoms with van der Waals surface area (Å²) in [6.07, 6.45) is 0.394. The summed E-state index contributed by atoms with van der Waals surface area (Å²) in [7, 11) is 0. The molecule has 1 saturated heterocycles. The Balaban J connectivity index is 1.57. The molecule has 230 valence electrons. The molecule has 43 heavy (non-hydrogen) atoms. The lowest BCUT2D eigenvalue weighted by molar-refractivity contribution is -0.139. The third-order valence-electron chi connectivity index (χ3n) is 9.00. The number of nitrogens with one attached hydrogen (secondary N) is 1. The number of amides is 2. The number of alkyl carbamates (subject to hydrolysis) is 1. The van der Waals surface area contributed by atoms with Crippen LogP contribution in [0.2, 0.25) is 0 Å². The molecule has 2 bridgehead atoms. The third kappa shape index (κ3) is 5.99. The van der Waals surface area contributed by atoms with E-state index >= 15 is 8.78 Å². The summed E-state index contributed by atoms with van der Waals surface area (Å²) in [5, 5.41) is 12.1. The van der Waals surface area contributed by atoms with Crippen molar-refractivity contribution in [3.05, 3.63) is 29.5 Å². The number of aromatic nitrogens is 2. The smallest absolute Gasteiger partial charge is 0.408 e. The number of alkyl halides is 2. The molecule has 3 aliphatic rings. The van der Waals surface area contributed by atoms with Gasteiger partial charge in [0, 0.05) is 18.3 Å². The molecular formula is C31H37F2N5O5. The Morgan fingerprint density at radius 3 is 2.60 bits per heavy atom. The quantitative estimate of drug-likeness (QED) is 0.460. The average molecular weight is 598 g/mol. The van der Waals surface area contributed by atoms with Crippen LogP contribution in [0.5, 0.6) is 5.88 Å². The van der Waals surface area contributed by atoms with E-state index in [4.69, 9.17) is 9.47 Å². The number of carbonyl (C=O) groups is 3. The summed E-state index contributed by atoms with van der Waals surface area (Å²) >= 11 is 0. The lowest BCUT2D eigenvalue weighted by Gasteiger charge is -2.35. The number of hydrogen-bond donors (Lipinski definition) is 1. The third-order valence-corrected chi connectivity index (χ3v) is 9.00. The zero-order chi connectivity index (χ0) is 31.3. The van der Waals surface area contributed by atoms with Crippen molar-refractivity contribution in [2.45, 2.75) is 96.4 Å². The van der Waals surface area contributed by atoms with E-state index in [0.717, 1.165) is 0 Å². The van der Waals surface area contributed by atoms with Crippen molar-refractivity contribution in [1.82, 2.24) is 20.2 Å². The number of fused-ring (bicyclic) bond motifs is 5. The predicted octanol–water partition coefficient (Wildman–Crippen LogP) is 4.88. The molecule has 0 radical (unpaired) electrons. The Morgan fingerprint density at radius 1 is 1.19 bits per heavy atom. The molecule has 10 nitrogen and oxygen atoms in total. The van der Waals surface area contributed by atoms with Crippen LogP contribution in [0, 0.1) is 28.6 Å². The summed E-state index contributed by atoms with van der Waals surface area (Å²) in [4.78, 5) is 49.2. The minimum atomic E-state index is -3.39. The first-order valence-electron chi connectivity index (χ1n) is 14.7. The maximum Gasteiger partial charge on any atom is 0.408 e. The molecule has 1 aromatic carbocycles. The van der Waals surface area contributed by atoms with E-state index in [0.29, 0.717) is 25.5 Å². The fraction of sp³-hybridized carbons (Fsp3) is 0.613. The zero-order valence-corrected chi connectivity index (χ0v) is 25.0. The second kappa shape index (κ2) is 11.0. The molecular weight excluding hydrogens is 560 g/mol. The van der Waals surface area contributed by atoms with Crippen molar-refractivity contribution < 1.29 is 32.6 Å². The Hall–Kier alpha value is -3.88. The van der Waals surface area contributed by atoms with E-state index in [9.17, 15) is 19.6 Å². The Bertz CT molecular complexity index is 1490. The SMILES string of the molecule is C[C@@H]1[C@@H]2CN(C(=O)[C@H](C(C)(C)C)NC(=O)O[C@]3(C)C[C@H]3CCCCC(F)(F)c3nc4ccc(C#N)cc4nc3O2)[C@@H]1C=O. The van der Waals surface area contributed by atoms with Crippen LogP contribution < -0.4 is 10.1 Å². The fourth-order valence-electron chi connectivity index (χ4n) is 6.13. The number of nitriles is 1. The molecule has 2 fully saturated rings. The molecule has 2 aliphatic heterocycles. The first kappa shape index (κ1) is 30.6. The van der Waals surface area contributed by atoms with Gasteiger partial charge in [0.25, 0.3) is 5.92 Å². The second-order valence-electron chi connectivity index (χ2n) is 13.3. The summed E-state index contributed by atoms with van der Waals surface area (Å²) in [5.41, 5.74) is -1.41. The normalized spacial score (nSPS) is 31.3. The van der Waals surface area contributed by atoms with Crippen LogP contribution in [-0.4, -0.2) is 63.5 Å². The van der Waals surface area contributed by atoms with E-state index < -0.39 is 71.0 Å². The number of nitrogens with zero attached hydrogens (tertiary/aromatic N) is 4. The van der Waals surface area contributed by atoms with Crippen molar-refractivity contribution >= 4 is 29.3 Å². The minimum Gasteiger partial charge on any atom is -0.471 e. The van der Waals surface area contributed by atoms with Crippen molar-refractivity contribution in [1.29, 1.82) is 5.26 Å². The van der Waals surface area contributed by atoms with Gasteiger partial charge in [-0.3, -0.25) is 4.79 Å². The summed E-state index contributed by atoms with van der Waals surface area (Å²) in [6, 6.07) is 4.45. The van der Waals surface area contributed by atoms with Gasteiger partial charge in [-0.15, -0.1) is 0 Å². The van der Waals surface area contributed by atoms with Gasteiger partial charge < -0.3 is 24.5 Å². The average Bonchev–Trinajstić information content (AvgIpc) is 3.46. The molecule has 2 aromatic rings. The van der Waals surface area contributed by atoms with Gasteiger partial charge >= 0.3 is 6.09 Å². The number of halogens is 2. The topological polar surface area (TPSA) is 135 Å².